The van der Waals surface area contributed by atoms with Gasteiger partial charge in [0.05, 0.1) is 11.2 Å². The molecular formula is C15H19F2NO2S. The Balaban J connectivity index is 1.75. The molecule has 1 aromatic carbocycles. The average molecular weight is 315 g/mol. The quantitative estimate of drug-likeness (QED) is 0.928. The van der Waals surface area contributed by atoms with Gasteiger partial charge in [0.1, 0.15) is 0 Å². The van der Waals surface area contributed by atoms with E-state index in [2.05, 4.69) is 4.72 Å². The highest BCUT2D eigenvalue weighted by molar-refractivity contribution is 7.89. The summed E-state index contributed by atoms with van der Waals surface area (Å²) in [5.74, 6) is -3.36. The number of rotatable bonds is 4. The maximum Gasteiger partial charge on any atom is 0.255 e. The van der Waals surface area contributed by atoms with Crippen LogP contribution < -0.4 is 4.72 Å². The van der Waals surface area contributed by atoms with Crippen molar-refractivity contribution < 1.29 is 17.2 Å². The molecule has 0 heterocycles. The lowest BCUT2D eigenvalue weighted by molar-refractivity contribution is 0.0769. The maximum absolute atomic E-state index is 13.2. The standard InChI is InChI=1S/C15H19F2NO2S/c1-14(9-15(14,16)17)10-21(19,20)18-13-8-4-6-11-5-2-3-7-12(11)13/h2-3,5,7,13,18H,4,6,8-10H2,1H3. The molecule has 1 aromatic rings. The van der Waals surface area contributed by atoms with Crippen molar-refractivity contribution in [2.45, 2.75) is 44.6 Å². The summed E-state index contributed by atoms with van der Waals surface area (Å²) in [6.07, 6.45) is 2.20. The third-order valence-electron chi connectivity index (χ3n) is 4.57. The summed E-state index contributed by atoms with van der Waals surface area (Å²) in [7, 11) is -3.72. The van der Waals surface area contributed by atoms with Crippen molar-refractivity contribution >= 4 is 10.0 Å². The van der Waals surface area contributed by atoms with Gasteiger partial charge in [0, 0.05) is 12.5 Å². The highest BCUT2D eigenvalue weighted by Crippen LogP contribution is 2.60. The van der Waals surface area contributed by atoms with Gasteiger partial charge >= 0.3 is 0 Å². The molecule has 3 rings (SSSR count). The van der Waals surface area contributed by atoms with Crippen LogP contribution in [0.3, 0.4) is 0 Å². The molecule has 0 radical (unpaired) electrons. The number of nitrogens with one attached hydrogen (secondary N) is 1. The minimum absolute atomic E-state index is 0.295. The SMILES string of the molecule is CC1(CS(=O)(=O)NC2CCCc3ccccc32)CC1(F)F. The predicted molar refractivity (Wildman–Crippen MR) is 76.7 cm³/mol. The van der Waals surface area contributed by atoms with Crippen molar-refractivity contribution in [1.29, 1.82) is 0 Å². The van der Waals surface area contributed by atoms with Crippen molar-refractivity contribution in [2.24, 2.45) is 5.41 Å². The first-order valence-electron chi connectivity index (χ1n) is 7.18. The molecule has 1 fully saturated rings. The third-order valence-corrected chi connectivity index (χ3v) is 6.23. The first kappa shape index (κ1) is 14.9. The largest absolute Gasteiger partial charge is 0.255 e. The summed E-state index contributed by atoms with van der Waals surface area (Å²) in [5.41, 5.74) is 0.701. The van der Waals surface area contributed by atoms with E-state index >= 15 is 0 Å². The molecule has 1 saturated carbocycles. The molecule has 0 aliphatic heterocycles. The Hall–Kier alpha value is -1.01. The first-order chi connectivity index (χ1) is 9.73. The van der Waals surface area contributed by atoms with Gasteiger partial charge in [-0.15, -0.1) is 0 Å². The van der Waals surface area contributed by atoms with Crippen LogP contribution in [0, 0.1) is 5.41 Å². The van der Waals surface area contributed by atoms with Crippen molar-refractivity contribution in [3.05, 3.63) is 35.4 Å². The molecule has 21 heavy (non-hydrogen) atoms. The highest BCUT2D eigenvalue weighted by atomic mass is 32.2. The van der Waals surface area contributed by atoms with Crippen LogP contribution in [0.1, 0.15) is 43.4 Å². The Bertz CT molecular complexity index is 659. The molecule has 0 saturated heterocycles. The summed E-state index contributed by atoms with van der Waals surface area (Å²) >= 11 is 0. The number of aryl methyl sites for hydroxylation is 1. The van der Waals surface area contributed by atoms with Crippen molar-refractivity contribution in [2.75, 3.05) is 5.75 Å². The second-order valence-corrected chi connectivity index (χ2v) is 8.22. The van der Waals surface area contributed by atoms with Gasteiger partial charge in [-0.2, -0.15) is 0 Å². The fraction of sp³-hybridized carbons (Fsp3) is 0.600. The van der Waals surface area contributed by atoms with E-state index in [0.29, 0.717) is 6.42 Å². The van der Waals surface area contributed by atoms with Gasteiger partial charge < -0.3 is 0 Å². The molecule has 1 N–H and O–H groups in total. The fourth-order valence-electron chi connectivity index (χ4n) is 3.16. The molecule has 116 valence electrons. The zero-order valence-corrected chi connectivity index (χ0v) is 12.7. The van der Waals surface area contributed by atoms with Gasteiger partial charge in [-0.3, -0.25) is 0 Å². The Labute approximate surface area is 123 Å². The van der Waals surface area contributed by atoms with Crippen LogP contribution in [0.4, 0.5) is 8.78 Å². The lowest BCUT2D eigenvalue weighted by Gasteiger charge is -2.26. The molecular weight excluding hydrogens is 296 g/mol. The number of alkyl halides is 2. The number of fused-ring (bicyclic) bond motifs is 1. The fourth-order valence-corrected chi connectivity index (χ4v) is 5.07. The molecule has 2 unspecified atom stereocenters. The van der Waals surface area contributed by atoms with Crippen LogP contribution >= 0.6 is 0 Å². The normalized spacial score (nSPS) is 30.7. The van der Waals surface area contributed by atoms with Crippen molar-refractivity contribution in [3.63, 3.8) is 0 Å². The number of benzene rings is 1. The molecule has 0 bridgehead atoms. The van der Waals surface area contributed by atoms with E-state index in [4.69, 9.17) is 0 Å². The van der Waals surface area contributed by atoms with Crippen molar-refractivity contribution in [3.8, 4) is 0 Å². The average Bonchev–Trinajstić information content (AvgIpc) is 2.86. The Morgan fingerprint density at radius 1 is 1.33 bits per heavy atom. The van der Waals surface area contributed by atoms with Crippen LogP contribution in [0.5, 0.6) is 0 Å². The number of hydrogen-bond acceptors (Lipinski definition) is 2. The molecule has 0 aromatic heterocycles. The number of halogens is 2. The molecule has 6 heteroatoms. The van der Waals surface area contributed by atoms with Gasteiger partial charge in [-0.1, -0.05) is 31.2 Å². The molecule has 0 spiro atoms. The molecule has 2 aliphatic carbocycles. The molecule has 0 amide bonds. The Morgan fingerprint density at radius 2 is 2.00 bits per heavy atom. The first-order valence-corrected chi connectivity index (χ1v) is 8.83. The molecule has 3 nitrogen and oxygen atoms in total. The predicted octanol–water partition coefficient (Wildman–Crippen LogP) is 3.03. The van der Waals surface area contributed by atoms with E-state index in [0.717, 1.165) is 24.0 Å². The summed E-state index contributed by atoms with van der Waals surface area (Å²) in [6.45, 7) is 1.33. The summed E-state index contributed by atoms with van der Waals surface area (Å²) in [6, 6.07) is 7.42. The second kappa shape index (κ2) is 4.74. The van der Waals surface area contributed by atoms with Crippen LogP contribution in [0.15, 0.2) is 24.3 Å². The van der Waals surface area contributed by atoms with Gasteiger partial charge in [-0.25, -0.2) is 21.9 Å². The van der Waals surface area contributed by atoms with Gasteiger partial charge in [0.15, 0.2) is 0 Å². The van der Waals surface area contributed by atoms with E-state index in [1.54, 1.807) is 0 Å². The van der Waals surface area contributed by atoms with E-state index in [1.807, 2.05) is 24.3 Å². The smallest absolute Gasteiger partial charge is 0.212 e. The van der Waals surface area contributed by atoms with Crippen molar-refractivity contribution in [1.82, 2.24) is 4.72 Å². The summed E-state index contributed by atoms with van der Waals surface area (Å²) < 4.78 is 53.5. The second-order valence-electron chi connectivity index (χ2n) is 6.46. The van der Waals surface area contributed by atoms with Crippen LogP contribution in [-0.2, 0) is 16.4 Å². The topological polar surface area (TPSA) is 46.2 Å². The van der Waals surface area contributed by atoms with Gasteiger partial charge in [-0.05, 0) is 30.4 Å². The minimum atomic E-state index is -3.72. The summed E-state index contributed by atoms with van der Waals surface area (Å²) in [5, 5.41) is 0. The van der Waals surface area contributed by atoms with E-state index in [-0.39, 0.29) is 12.5 Å². The van der Waals surface area contributed by atoms with E-state index in [1.165, 1.54) is 6.92 Å². The minimum Gasteiger partial charge on any atom is -0.212 e. The van der Waals surface area contributed by atoms with E-state index < -0.39 is 27.1 Å². The molecule has 2 aliphatic rings. The van der Waals surface area contributed by atoms with Crippen LogP contribution in [0.2, 0.25) is 0 Å². The summed E-state index contributed by atoms with van der Waals surface area (Å²) in [4.78, 5) is 0. The zero-order chi connectivity index (χ0) is 15.3. The Kier molecular flexibility index (Phi) is 3.37. The van der Waals surface area contributed by atoms with Gasteiger partial charge in [0.2, 0.25) is 10.0 Å². The lowest BCUT2D eigenvalue weighted by atomic mass is 9.88. The number of hydrogen-bond donors (Lipinski definition) is 1. The maximum atomic E-state index is 13.2. The Morgan fingerprint density at radius 3 is 2.67 bits per heavy atom. The zero-order valence-electron chi connectivity index (χ0n) is 11.9. The third kappa shape index (κ3) is 2.83. The van der Waals surface area contributed by atoms with E-state index in [9.17, 15) is 17.2 Å². The lowest BCUT2D eigenvalue weighted by Crippen LogP contribution is -2.35. The van der Waals surface area contributed by atoms with Crippen LogP contribution in [0.25, 0.3) is 0 Å². The molecule has 2 atom stereocenters. The monoisotopic (exact) mass is 315 g/mol. The van der Waals surface area contributed by atoms with Crippen LogP contribution in [-0.4, -0.2) is 20.1 Å². The number of sulfonamides is 1. The van der Waals surface area contributed by atoms with Gasteiger partial charge in [0.25, 0.3) is 5.92 Å². The highest BCUT2D eigenvalue weighted by Gasteiger charge is 2.69.